The van der Waals surface area contributed by atoms with Gasteiger partial charge in [-0.1, -0.05) is 23.5 Å². The Morgan fingerprint density at radius 1 is 1.19 bits per heavy atom. The number of nitrogens with zero attached hydrogens (tertiary/aromatic N) is 2. The molecular weight excluding hydrogens is 477 g/mol. The number of aromatic nitrogens is 1. The first-order chi connectivity index (χ1) is 12.7. The van der Waals surface area contributed by atoms with Crippen molar-refractivity contribution in [1.82, 2.24) is 4.98 Å². The zero-order valence-corrected chi connectivity index (χ0v) is 18.2. The first kappa shape index (κ1) is 21.0. The average molecular weight is 499 g/mol. The van der Waals surface area contributed by atoms with E-state index >= 15 is 0 Å². The lowest BCUT2D eigenvalue weighted by molar-refractivity contribution is 0.405. The summed E-state index contributed by atoms with van der Waals surface area (Å²) in [6.45, 7) is 1.15. The Bertz CT molecular complexity index is 883. The van der Waals surface area contributed by atoms with Crippen LogP contribution in [-0.4, -0.2) is 38.3 Å². The molecule has 3 aromatic rings. The fourth-order valence-corrected chi connectivity index (χ4v) is 3.27. The molecule has 144 valence electrons. The summed E-state index contributed by atoms with van der Waals surface area (Å²) >= 11 is 1.62. The van der Waals surface area contributed by atoms with Gasteiger partial charge in [0.25, 0.3) is 0 Å². The van der Waals surface area contributed by atoms with Gasteiger partial charge in [-0.15, -0.1) is 24.0 Å². The van der Waals surface area contributed by atoms with Crippen molar-refractivity contribution < 1.29 is 9.47 Å². The standard InChI is InChI=1S/C18H21N5O2S.HI/c1-24-12-7-8-15(25-2)14(11-12)22-17(19)20-9-10-21-18-23-13-5-3-4-6-16(13)26-18;/h3-8,11H,9-10H2,1-2H3,(H,21,23)(H3,19,20,22);1H. The molecule has 4 N–H and O–H groups in total. The van der Waals surface area contributed by atoms with E-state index in [1.54, 1.807) is 31.6 Å². The summed E-state index contributed by atoms with van der Waals surface area (Å²) in [6.07, 6.45) is 0. The fourth-order valence-electron chi connectivity index (χ4n) is 2.38. The van der Waals surface area contributed by atoms with Gasteiger partial charge in [0.05, 0.1) is 36.7 Å². The Morgan fingerprint density at radius 2 is 2.00 bits per heavy atom. The third kappa shape index (κ3) is 5.60. The van der Waals surface area contributed by atoms with Crippen molar-refractivity contribution in [3.63, 3.8) is 0 Å². The number of para-hydroxylation sites is 1. The summed E-state index contributed by atoms with van der Waals surface area (Å²) in [4.78, 5) is 8.84. The van der Waals surface area contributed by atoms with Crippen LogP contribution in [0.1, 0.15) is 0 Å². The molecule has 0 fully saturated rings. The molecule has 1 heterocycles. The number of nitrogens with two attached hydrogens (primary N) is 1. The molecule has 0 radical (unpaired) electrons. The molecule has 0 saturated heterocycles. The zero-order valence-electron chi connectivity index (χ0n) is 15.1. The maximum Gasteiger partial charge on any atom is 0.193 e. The van der Waals surface area contributed by atoms with E-state index < -0.39 is 0 Å². The third-order valence-corrected chi connectivity index (χ3v) is 4.63. The molecule has 0 amide bonds. The molecule has 0 aliphatic rings. The van der Waals surface area contributed by atoms with E-state index in [0.717, 1.165) is 15.3 Å². The summed E-state index contributed by atoms with van der Waals surface area (Å²) in [7, 11) is 3.21. The van der Waals surface area contributed by atoms with Gasteiger partial charge in [0, 0.05) is 12.6 Å². The molecule has 3 rings (SSSR count). The molecule has 9 heteroatoms. The number of benzene rings is 2. The van der Waals surface area contributed by atoms with Crippen LogP contribution < -0.4 is 25.8 Å². The minimum atomic E-state index is 0. The SMILES string of the molecule is COc1ccc(OC)c(NC(N)=NCCNc2nc3ccccc3s2)c1.I. The van der Waals surface area contributed by atoms with Crippen molar-refractivity contribution in [2.45, 2.75) is 0 Å². The predicted molar refractivity (Wildman–Crippen MR) is 123 cm³/mol. The van der Waals surface area contributed by atoms with Crippen LogP contribution in [-0.2, 0) is 0 Å². The van der Waals surface area contributed by atoms with Crippen molar-refractivity contribution in [2.24, 2.45) is 10.7 Å². The maximum absolute atomic E-state index is 5.96. The molecule has 2 aromatic carbocycles. The predicted octanol–water partition coefficient (Wildman–Crippen LogP) is 3.77. The van der Waals surface area contributed by atoms with Crippen LogP contribution in [0, 0.1) is 0 Å². The van der Waals surface area contributed by atoms with Gasteiger partial charge in [-0.3, -0.25) is 4.99 Å². The zero-order chi connectivity index (χ0) is 18.4. The van der Waals surface area contributed by atoms with Gasteiger partial charge < -0.3 is 25.8 Å². The number of guanidine groups is 1. The number of halogens is 1. The Kier molecular flexibility index (Phi) is 7.92. The van der Waals surface area contributed by atoms with E-state index in [-0.39, 0.29) is 24.0 Å². The molecule has 7 nitrogen and oxygen atoms in total. The van der Waals surface area contributed by atoms with Gasteiger partial charge in [-0.25, -0.2) is 4.98 Å². The summed E-state index contributed by atoms with van der Waals surface area (Å²) in [5, 5.41) is 7.18. The van der Waals surface area contributed by atoms with Crippen molar-refractivity contribution in [1.29, 1.82) is 0 Å². The number of rotatable bonds is 7. The summed E-state index contributed by atoms with van der Waals surface area (Å²) in [6, 6.07) is 13.5. The monoisotopic (exact) mass is 499 g/mol. The molecule has 0 aliphatic heterocycles. The Morgan fingerprint density at radius 3 is 2.74 bits per heavy atom. The Labute approximate surface area is 179 Å². The number of ether oxygens (including phenoxy) is 2. The largest absolute Gasteiger partial charge is 0.497 e. The van der Waals surface area contributed by atoms with Gasteiger partial charge in [0.15, 0.2) is 11.1 Å². The molecule has 0 bridgehead atoms. The van der Waals surface area contributed by atoms with Crippen LogP contribution in [0.3, 0.4) is 0 Å². The van der Waals surface area contributed by atoms with E-state index in [1.165, 1.54) is 0 Å². The highest BCUT2D eigenvalue weighted by molar-refractivity contribution is 14.0. The number of nitrogens with one attached hydrogen (secondary N) is 2. The number of aliphatic imine (C=N–C) groups is 1. The van der Waals surface area contributed by atoms with Gasteiger partial charge >= 0.3 is 0 Å². The van der Waals surface area contributed by atoms with E-state index in [4.69, 9.17) is 15.2 Å². The van der Waals surface area contributed by atoms with E-state index in [9.17, 15) is 0 Å². The minimum Gasteiger partial charge on any atom is -0.497 e. The number of fused-ring (bicyclic) bond motifs is 1. The second-order valence-corrected chi connectivity index (χ2v) is 6.40. The third-order valence-electron chi connectivity index (χ3n) is 3.63. The van der Waals surface area contributed by atoms with Crippen LogP contribution >= 0.6 is 35.3 Å². The first-order valence-electron chi connectivity index (χ1n) is 8.08. The summed E-state index contributed by atoms with van der Waals surface area (Å²) < 4.78 is 11.7. The van der Waals surface area contributed by atoms with Crippen LogP contribution in [0.25, 0.3) is 10.2 Å². The second-order valence-electron chi connectivity index (χ2n) is 5.37. The number of hydrogen-bond donors (Lipinski definition) is 3. The lowest BCUT2D eigenvalue weighted by Gasteiger charge is -2.12. The number of anilines is 2. The lowest BCUT2D eigenvalue weighted by atomic mass is 10.2. The van der Waals surface area contributed by atoms with E-state index in [1.807, 2.05) is 30.3 Å². The highest BCUT2D eigenvalue weighted by Gasteiger charge is 2.06. The van der Waals surface area contributed by atoms with Crippen LogP contribution in [0.4, 0.5) is 10.8 Å². The normalized spacial score (nSPS) is 11.0. The molecule has 1 aromatic heterocycles. The molecule has 0 atom stereocenters. The van der Waals surface area contributed by atoms with Crippen molar-refractivity contribution in [3.05, 3.63) is 42.5 Å². The minimum absolute atomic E-state index is 0. The van der Waals surface area contributed by atoms with Crippen LogP contribution in [0.2, 0.25) is 0 Å². The highest BCUT2D eigenvalue weighted by Crippen LogP contribution is 2.28. The van der Waals surface area contributed by atoms with Gasteiger partial charge in [-0.05, 0) is 24.3 Å². The first-order valence-corrected chi connectivity index (χ1v) is 8.89. The van der Waals surface area contributed by atoms with Crippen molar-refractivity contribution in [2.75, 3.05) is 37.9 Å². The number of hydrogen-bond acceptors (Lipinski definition) is 6. The van der Waals surface area contributed by atoms with E-state index in [2.05, 4.69) is 26.7 Å². The summed E-state index contributed by atoms with van der Waals surface area (Å²) in [5.41, 5.74) is 7.66. The van der Waals surface area contributed by atoms with E-state index in [0.29, 0.717) is 36.2 Å². The molecule has 0 unspecified atom stereocenters. The number of methoxy groups -OCH3 is 2. The molecule has 0 saturated carbocycles. The fraction of sp³-hybridized carbons (Fsp3) is 0.222. The van der Waals surface area contributed by atoms with Crippen LogP contribution in [0.15, 0.2) is 47.5 Å². The molecule has 27 heavy (non-hydrogen) atoms. The molecule has 0 spiro atoms. The average Bonchev–Trinajstić information content (AvgIpc) is 3.08. The van der Waals surface area contributed by atoms with Gasteiger partial charge in [0.1, 0.15) is 11.5 Å². The smallest absolute Gasteiger partial charge is 0.193 e. The topological polar surface area (TPSA) is 93.8 Å². The summed E-state index contributed by atoms with van der Waals surface area (Å²) in [5.74, 6) is 1.68. The number of thiazole rings is 1. The second kappa shape index (κ2) is 10.2. The lowest BCUT2D eigenvalue weighted by Crippen LogP contribution is -2.24. The quantitative estimate of drug-likeness (QED) is 0.198. The Hall–Kier alpha value is -2.27. The highest BCUT2D eigenvalue weighted by atomic mass is 127. The molecule has 0 aliphatic carbocycles. The van der Waals surface area contributed by atoms with Crippen molar-refractivity contribution >= 4 is 62.3 Å². The Balaban J connectivity index is 0.00000261. The van der Waals surface area contributed by atoms with Crippen molar-refractivity contribution in [3.8, 4) is 11.5 Å². The molecular formula is C18H22IN5O2S. The van der Waals surface area contributed by atoms with Gasteiger partial charge in [0.2, 0.25) is 0 Å². The van der Waals surface area contributed by atoms with Crippen LogP contribution in [0.5, 0.6) is 11.5 Å². The maximum atomic E-state index is 5.96. The van der Waals surface area contributed by atoms with Gasteiger partial charge in [-0.2, -0.15) is 0 Å².